The highest BCUT2D eigenvalue weighted by Gasteiger charge is 2.32. The summed E-state index contributed by atoms with van der Waals surface area (Å²) in [5, 5.41) is 17.1. The number of carbonyl (C=O) groups excluding carboxylic acids is 2. The number of hydrogen-bond donors (Lipinski definition) is 2. The van der Waals surface area contributed by atoms with Gasteiger partial charge in [-0.3, -0.25) is 14.5 Å². The van der Waals surface area contributed by atoms with Gasteiger partial charge in [-0.25, -0.2) is 4.98 Å². The molecule has 2 amide bonds. The van der Waals surface area contributed by atoms with Gasteiger partial charge in [-0.05, 0) is 81.1 Å². The summed E-state index contributed by atoms with van der Waals surface area (Å²) in [4.78, 5) is 38.7. The Morgan fingerprint density at radius 2 is 1.74 bits per heavy atom. The molecule has 0 aliphatic carbocycles. The van der Waals surface area contributed by atoms with Crippen molar-refractivity contribution in [3.8, 4) is 0 Å². The van der Waals surface area contributed by atoms with Crippen LogP contribution in [0, 0.1) is 11.8 Å². The summed E-state index contributed by atoms with van der Waals surface area (Å²) >= 11 is 6.02. The van der Waals surface area contributed by atoms with E-state index >= 15 is 0 Å². The number of nitrogens with one attached hydrogen (secondary N) is 1. The third kappa shape index (κ3) is 8.24. The molecule has 10 heteroatoms. The van der Waals surface area contributed by atoms with Gasteiger partial charge in [-0.1, -0.05) is 28.9 Å². The van der Waals surface area contributed by atoms with E-state index in [-0.39, 0.29) is 11.8 Å². The van der Waals surface area contributed by atoms with Gasteiger partial charge in [0.2, 0.25) is 5.91 Å². The number of halogens is 1. The van der Waals surface area contributed by atoms with Crippen LogP contribution < -0.4 is 5.32 Å². The Hall–Kier alpha value is -3.01. The van der Waals surface area contributed by atoms with Crippen LogP contribution in [0.1, 0.15) is 43.7 Å². The molecule has 0 bridgehead atoms. The molecule has 2 fully saturated rings. The minimum absolute atomic E-state index is 0.0531. The SMILES string of the molecule is CON=C(Cc1ccc(Cl)cc1)C1CCN(C(=O)C2CCN(Cc3ccnc(NC(=O)C(C)O)c3)CC2)CC1. The number of nitrogens with zero attached hydrogens (tertiary/aromatic N) is 4. The van der Waals surface area contributed by atoms with Crippen molar-refractivity contribution in [2.75, 3.05) is 38.6 Å². The number of piperidine rings is 2. The summed E-state index contributed by atoms with van der Waals surface area (Å²) in [6.07, 6.45) is 4.73. The molecule has 2 aromatic rings. The highest BCUT2D eigenvalue weighted by molar-refractivity contribution is 6.30. The lowest BCUT2D eigenvalue weighted by Crippen LogP contribution is -2.46. The number of carbonyl (C=O) groups is 2. The van der Waals surface area contributed by atoms with Crippen molar-refractivity contribution in [3.05, 3.63) is 58.7 Å². The van der Waals surface area contributed by atoms with E-state index in [2.05, 4.69) is 20.4 Å². The van der Waals surface area contributed by atoms with E-state index < -0.39 is 12.0 Å². The first kappa shape index (κ1) is 29.0. The average molecular weight is 556 g/mol. The number of rotatable bonds is 9. The quantitative estimate of drug-likeness (QED) is 0.360. The Morgan fingerprint density at radius 1 is 1.08 bits per heavy atom. The van der Waals surface area contributed by atoms with E-state index in [0.717, 1.165) is 75.2 Å². The fourth-order valence-corrected chi connectivity index (χ4v) is 5.46. The van der Waals surface area contributed by atoms with E-state index in [1.807, 2.05) is 41.3 Å². The van der Waals surface area contributed by atoms with Crippen molar-refractivity contribution in [3.63, 3.8) is 0 Å². The first-order valence-electron chi connectivity index (χ1n) is 13.6. The molecule has 3 heterocycles. The number of oxime groups is 1. The van der Waals surface area contributed by atoms with Crippen LogP contribution in [-0.4, -0.2) is 76.8 Å². The first-order chi connectivity index (χ1) is 18.8. The second kappa shape index (κ2) is 13.9. The number of aliphatic hydroxyl groups is 1. The highest BCUT2D eigenvalue weighted by Crippen LogP contribution is 2.26. The number of likely N-dealkylation sites (tertiary alicyclic amines) is 2. The molecule has 1 aromatic heterocycles. The van der Waals surface area contributed by atoms with Crippen LogP contribution in [0.3, 0.4) is 0 Å². The van der Waals surface area contributed by atoms with Crippen LogP contribution in [0.2, 0.25) is 5.02 Å². The average Bonchev–Trinajstić information content (AvgIpc) is 2.94. The molecule has 2 saturated heterocycles. The van der Waals surface area contributed by atoms with Crippen LogP contribution in [0.15, 0.2) is 47.8 Å². The van der Waals surface area contributed by atoms with E-state index in [0.29, 0.717) is 23.2 Å². The van der Waals surface area contributed by atoms with Gasteiger partial charge in [-0.15, -0.1) is 0 Å². The van der Waals surface area contributed by atoms with Crippen LogP contribution in [-0.2, 0) is 27.4 Å². The van der Waals surface area contributed by atoms with Crippen molar-refractivity contribution in [1.82, 2.24) is 14.8 Å². The lowest BCUT2D eigenvalue weighted by Gasteiger charge is -2.37. The molecular formula is C29H38ClN5O4. The summed E-state index contributed by atoms with van der Waals surface area (Å²) in [7, 11) is 1.58. The van der Waals surface area contributed by atoms with Crippen molar-refractivity contribution >= 4 is 34.9 Å². The number of aromatic nitrogens is 1. The maximum atomic E-state index is 13.3. The minimum atomic E-state index is -1.09. The molecule has 0 saturated carbocycles. The summed E-state index contributed by atoms with van der Waals surface area (Å²) in [5.41, 5.74) is 3.20. The molecule has 2 aliphatic rings. The maximum Gasteiger partial charge on any atom is 0.254 e. The standard InChI is InChI=1S/C29H38ClN5O4/c1-20(36)28(37)32-27-18-22(7-12-31-27)19-34-13-8-24(9-14-34)29(38)35-15-10-23(11-16-35)26(33-39-2)17-21-3-5-25(30)6-4-21/h3-7,12,18,20,23-24,36H,8-11,13-17,19H2,1-2H3,(H,31,32,37). The Kier molecular flexibility index (Phi) is 10.3. The first-order valence-corrected chi connectivity index (χ1v) is 14.0. The van der Waals surface area contributed by atoms with Crippen LogP contribution in [0.4, 0.5) is 5.82 Å². The van der Waals surface area contributed by atoms with Crippen molar-refractivity contribution in [1.29, 1.82) is 0 Å². The zero-order chi connectivity index (χ0) is 27.8. The summed E-state index contributed by atoms with van der Waals surface area (Å²) in [6.45, 7) is 5.31. The number of amides is 2. The van der Waals surface area contributed by atoms with E-state index in [4.69, 9.17) is 16.4 Å². The van der Waals surface area contributed by atoms with Gasteiger partial charge in [-0.2, -0.15) is 0 Å². The molecule has 2 N–H and O–H groups in total. The van der Waals surface area contributed by atoms with Crippen molar-refractivity contribution in [2.45, 2.75) is 51.7 Å². The zero-order valence-corrected chi connectivity index (χ0v) is 23.4. The van der Waals surface area contributed by atoms with E-state index in [1.165, 1.54) is 6.92 Å². The normalized spacial score (nSPS) is 18.6. The molecule has 0 radical (unpaired) electrons. The van der Waals surface area contributed by atoms with Gasteiger partial charge in [0.25, 0.3) is 5.91 Å². The van der Waals surface area contributed by atoms with Crippen LogP contribution in [0.25, 0.3) is 0 Å². The maximum absolute atomic E-state index is 13.3. The lowest BCUT2D eigenvalue weighted by molar-refractivity contribution is -0.138. The van der Waals surface area contributed by atoms with Gasteiger partial charge in [0.15, 0.2) is 0 Å². The zero-order valence-electron chi connectivity index (χ0n) is 22.7. The molecule has 39 heavy (non-hydrogen) atoms. The summed E-state index contributed by atoms with van der Waals surface area (Å²) in [6, 6.07) is 11.6. The molecule has 4 rings (SSSR count). The molecule has 2 aliphatic heterocycles. The molecule has 1 unspecified atom stereocenters. The van der Waals surface area contributed by atoms with Crippen molar-refractivity contribution < 1.29 is 19.5 Å². The topological polar surface area (TPSA) is 107 Å². The van der Waals surface area contributed by atoms with E-state index in [9.17, 15) is 14.7 Å². The number of anilines is 1. The third-order valence-corrected chi connectivity index (χ3v) is 7.83. The summed E-state index contributed by atoms with van der Waals surface area (Å²) in [5.74, 6) is 0.563. The smallest absolute Gasteiger partial charge is 0.254 e. The van der Waals surface area contributed by atoms with Crippen LogP contribution in [0.5, 0.6) is 0 Å². The largest absolute Gasteiger partial charge is 0.399 e. The number of aliphatic hydroxyl groups excluding tert-OH is 1. The highest BCUT2D eigenvalue weighted by atomic mass is 35.5. The molecule has 9 nitrogen and oxygen atoms in total. The predicted octanol–water partition coefficient (Wildman–Crippen LogP) is 3.75. The third-order valence-electron chi connectivity index (χ3n) is 7.58. The number of pyridine rings is 1. The molecule has 1 aromatic carbocycles. The Morgan fingerprint density at radius 3 is 2.38 bits per heavy atom. The van der Waals surface area contributed by atoms with Gasteiger partial charge >= 0.3 is 0 Å². The monoisotopic (exact) mass is 555 g/mol. The molecule has 1 atom stereocenters. The summed E-state index contributed by atoms with van der Waals surface area (Å²) < 4.78 is 0. The van der Waals surface area contributed by atoms with Gasteiger partial charge in [0.1, 0.15) is 19.0 Å². The Bertz CT molecular complexity index is 1140. The lowest BCUT2D eigenvalue weighted by atomic mass is 9.87. The van der Waals surface area contributed by atoms with Gasteiger partial charge < -0.3 is 20.2 Å². The molecule has 210 valence electrons. The molecular weight excluding hydrogens is 518 g/mol. The van der Waals surface area contributed by atoms with Crippen molar-refractivity contribution in [2.24, 2.45) is 17.0 Å². The second-order valence-corrected chi connectivity index (χ2v) is 10.9. The van der Waals surface area contributed by atoms with Gasteiger partial charge in [0, 0.05) is 49.1 Å². The Balaban J connectivity index is 1.23. The number of hydrogen-bond acceptors (Lipinski definition) is 7. The molecule has 0 spiro atoms. The number of benzene rings is 1. The fraction of sp³-hybridized carbons (Fsp3) is 0.517. The fourth-order valence-electron chi connectivity index (χ4n) is 5.34. The van der Waals surface area contributed by atoms with Gasteiger partial charge in [0.05, 0.1) is 5.71 Å². The minimum Gasteiger partial charge on any atom is -0.399 e. The van der Waals surface area contributed by atoms with Crippen LogP contribution >= 0.6 is 11.6 Å². The van der Waals surface area contributed by atoms with E-state index in [1.54, 1.807) is 13.3 Å². The Labute approximate surface area is 235 Å². The predicted molar refractivity (Wildman–Crippen MR) is 151 cm³/mol. The second-order valence-electron chi connectivity index (χ2n) is 10.4.